The van der Waals surface area contributed by atoms with Crippen molar-refractivity contribution in [3.63, 3.8) is 0 Å². The zero-order valence-electron chi connectivity index (χ0n) is 11.9. The van der Waals surface area contributed by atoms with Crippen LogP contribution in [0, 0.1) is 5.82 Å². The second kappa shape index (κ2) is 7.17. The van der Waals surface area contributed by atoms with Crippen LogP contribution in [0.4, 0.5) is 13.2 Å². The first-order valence-electron chi connectivity index (χ1n) is 6.71. The van der Waals surface area contributed by atoms with E-state index in [9.17, 15) is 18.3 Å². The summed E-state index contributed by atoms with van der Waals surface area (Å²) in [5.41, 5.74) is 1.13. The number of phenolic OH excluding ortho intramolecular Hbond substituents is 1. The van der Waals surface area contributed by atoms with Gasteiger partial charge in [0.25, 0.3) is 0 Å². The Morgan fingerprint density at radius 3 is 2.64 bits per heavy atom. The van der Waals surface area contributed by atoms with Gasteiger partial charge in [0.2, 0.25) is 0 Å². The van der Waals surface area contributed by atoms with Crippen molar-refractivity contribution in [2.75, 3.05) is 0 Å². The minimum Gasteiger partial charge on any atom is -0.508 e. The van der Waals surface area contributed by atoms with Gasteiger partial charge in [-0.25, -0.2) is 4.39 Å². The molecule has 0 heterocycles. The van der Waals surface area contributed by atoms with Gasteiger partial charge >= 0.3 is 6.61 Å². The largest absolute Gasteiger partial charge is 0.508 e. The van der Waals surface area contributed by atoms with E-state index in [0.29, 0.717) is 5.56 Å². The van der Waals surface area contributed by atoms with Crippen molar-refractivity contribution < 1.29 is 23.0 Å². The molecule has 2 N–H and O–H groups in total. The highest BCUT2D eigenvalue weighted by atomic mass is 19.3. The average Bonchev–Trinajstić information content (AvgIpc) is 2.46. The maximum Gasteiger partial charge on any atom is 0.387 e. The Kier molecular flexibility index (Phi) is 5.27. The van der Waals surface area contributed by atoms with E-state index in [2.05, 4.69) is 10.1 Å². The number of hydrogen-bond acceptors (Lipinski definition) is 3. The normalized spacial score (nSPS) is 12.4. The predicted molar refractivity (Wildman–Crippen MR) is 76.4 cm³/mol. The molecule has 2 aromatic carbocycles. The van der Waals surface area contributed by atoms with Gasteiger partial charge in [-0.1, -0.05) is 12.1 Å². The van der Waals surface area contributed by atoms with Gasteiger partial charge in [-0.15, -0.1) is 0 Å². The summed E-state index contributed by atoms with van der Waals surface area (Å²) in [6.45, 7) is -0.967. The SMILES string of the molecule is CC(NCc1cc(F)ccc1OC(F)F)c1cccc(O)c1. The van der Waals surface area contributed by atoms with Gasteiger partial charge in [-0.2, -0.15) is 8.78 Å². The zero-order valence-corrected chi connectivity index (χ0v) is 11.9. The standard InChI is InChI=1S/C16H16F3NO2/c1-10(11-3-2-4-14(21)8-11)20-9-12-7-13(17)5-6-15(12)22-16(18)19/h2-8,10,16,20-21H,9H2,1H3. The summed E-state index contributed by atoms with van der Waals surface area (Å²) in [5, 5.41) is 12.5. The van der Waals surface area contributed by atoms with Crippen molar-refractivity contribution in [3.05, 3.63) is 59.4 Å². The Morgan fingerprint density at radius 1 is 1.18 bits per heavy atom. The number of aromatic hydroxyl groups is 1. The summed E-state index contributed by atoms with van der Waals surface area (Å²) in [6.07, 6.45) is 0. The molecule has 0 saturated carbocycles. The molecule has 1 unspecified atom stereocenters. The minimum atomic E-state index is -2.97. The fourth-order valence-corrected chi connectivity index (χ4v) is 2.07. The van der Waals surface area contributed by atoms with E-state index in [-0.39, 0.29) is 24.1 Å². The Balaban J connectivity index is 2.08. The third-order valence-corrected chi connectivity index (χ3v) is 3.21. The zero-order chi connectivity index (χ0) is 16.1. The van der Waals surface area contributed by atoms with Gasteiger partial charge in [-0.05, 0) is 42.8 Å². The lowest BCUT2D eigenvalue weighted by Gasteiger charge is -2.16. The summed E-state index contributed by atoms with van der Waals surface area (Å²) < 4.78 is 42.3. The first-order valence-corrected chi connectivity index (χ1v) is 6.71. The highest BCUT2D eigenvalue weighted by Crippen LogP contribution is 2.23. The molecule has 0 aliphatic rings. The average molecular weight is 311 g/mol. The van der Waals surface area contributed by atoms with Crippen LogP contribution in [0.1, 0.15) is 24.1 Å². The molecule has 118 valence electrons. The third-order valence-electron chi connectivity index (χ3n) is 3.21. The van der Waals surface area contributed by atoms with Crippen molar-refractivity contribution in [2.24, 2.45) is 0 Å². The molecular weight excluding hydrogens is 295 g/mol. The lowest BCUT2D eigenvalue weighted by atomic mass is 10.1. The summed E-state index contributed by atoms with van der Waals surface area (Å²) in [6, 6.07) is 9.92. The van der Waals surface area contributed by atoms with Crippen molar-refractivity contribution in [3.8, 4) is 11.5 Å². The van der Waals surface area contributed by atoms with Gasteiger partial charge in [0, 0.05) is 18.2 Å². The Labute approximate surface area is 126 Å². The monoisotopic (exact) mass is 311 g/mol. The Hall–Kier alpha value is -2.21. The van der Waals surface area contributed by atoms with Crippen LogP contribution in [0.5, 0.6) is 11.5 Å². The number of ether oxygens (including phenoxy) is 1. The number of alkyl halides is 2. The van der Waals surface area contributed by atoms with E-state index in [4.69, 9.17) is 0 Å². The van der Waals surface area contributed by atoms with Crippen LogP contribution in [0.2, 0.25) is 0 Å². The molecule has 0 saturated heterocycles. The van der Waals surface area contributed by atoms with Crippen LogP contribution >= 0.6 is 0 Å². The first kappa shape index (κ1) is 16.2. The van der Waals surface area contributed by atoms with Gasteiger partial charge in [-0.3, -0.25) is 0 Å². The van der Waals surface area contributed by atoms with E-state index in [1.165, 1.54) is 6.07 Å². The smallest absolute Gasteiger partial charge is 0.387 e. The molecule has 22 heavy (non-hydrogen) atoms. The van der Waals surface area contributed by atoms with E-state index < -0.39 is 12.4 Å². The van der Waals surface area contributed by atoms with Crippen molar-refractivity contribution in [1.29, 1.82) is 0 Å². The summed E-state index contributed by atoms with van der Waals surface area (Å²) in [7, 11) is 0. The van der Waals surface area contributed by atoms with Crippen LogP contribution in [0.15, 0.2) is 42.5 Å². The highest BCUT2D eigenvalue weighted by molar-refractivity contribution is 5.34. The molecule has 0 aliphatic heterocycles. The summed E-state index contributed by atoms with van der Waals surface area (Å²) in [4.78, 5) is 0. The number of halogens is 3. The van der Waals surface area contributed by atoms with E-state index in [0.717, 1.165) is 17.7 Å². The van der Waals surface area contributed by atoms with Crippen LogP contribution < -0.4 is 10.1 Å². The molecule has 3 nitrogen and oxygen atoms in total. The molecule has 0 aliphatic carbocycles. The predicted octanol–water partition coefficient (Wildman–Crippen LogP) is 3.98. The van der Waals surface area contributed by atoms with E-state index >= 15 is 0 Å². The fourth-order valence-electron chi connectivity index (χ4n) is 2.07. The molecular formula is C16H16F3NO2. The van der Waals surface area contributed by atoms with Gasteiger partial charge in [0.1, 0.15) is 17.3 Å². The molecule has 0 bridgehead atoms. The molecule has 0 amide bonds. The van der Waals surface area contributed by atoms with Crippen LogP contribution in [0.25, 0.3) is 0 Å². The first-order chi connectivity index (χ1) is 10.5. The van der Waals surface area contributed by atoms with Crippen LogP contribution in [-0.2, 0) is 6.54 Å². The lowest BCUT2D eigenvalue weighted by Crippen LogP contribution is -2.19. The maximum absolute atomic E-state index is 13.3. The van der Waals surface area contributed by atoms with E-state index in [1.807, 2.05) is 13.0 Å². The number of phenols is 1. The molecule has 6 heteroatoms. The summed E-state index contributed by atoms with van der Waals surface area (Å²) in [5.74, 6) is -0.450. The minimum absolute atomic E-state index is 0.0630. The van der Waals surface area contributed by atoms with Crippen molar-refractivity contribution in [1.82, 2.24) is 5.32 Å². The van der Waals surface area contributed by atoms with Gasteiger partial charge in [0.05, 0.1) is 0 Å². The third kappa shape index (κ3) is 4.39. The van der Waals surface area contributed by atoms with Crippen molar-refractivity contribution >= 4 is 0 Å². The van der Waals surface area contributed by atoms with Gasteiger partial charge < -0.3 is 15.2 Å². The Bertz CT molecular complexity index is 635. The summed E-state index contributed by atoms with van der Waals surface area (Å²) >= 11 is 0. The van der Waals surface area contributed by atoms with Crippen molar-refractivity contribution in [2.45, 2.75) is 26.1 Å². The molecule has 0 spiro atoms. The maximum atomic E-state index is 13.3. The van der Waals surface area contributed by atoms with Crippen LogP contribution in [-0.4, -0.2) is 11.7 Å². The van der Waals surface area contributed by atoms with Gasteiger partial charge in [0.15, 0.2) is 0 Å². The number of benzene rings is 2. The topological polar surface area (TPSA) is 41.5 Å². The molecule has 1 atom stereocenters. The highest BCUT2D eigenvalue weighted by Gasteiger charge is 2.12. The second-order valence-corrected chi connectivity index (χ2v) is 4.83. The number of rotatable bonds is 6. The molecule has 2 aromatic rings. The molecule has 0 aromatic heterocycles. The fraction of sp³-hybridized carbons (Fsp3) is 0.250. The van der Waals surface area contributed by atoms with Crippen LogP contribution in [0.3, 0.4) is 0 Å². The quantitative estimate of drug-likeness (QED) is 0.848. The Morgan fingerprint density at radius 2 is 1.95 bits per heavy atom. The molecule has 0 fully saturated rings. The second-order valence-electron chi connectivity index (χ2n) is 4.83. The number of hydrogen-bond donors (Lipinski definition) is 2. The number of nitrogens with one attached hydrogen (secondary N) is 1. The van der Waals surface area contributed by atoms with E-state index in [1.54, 1.807) is 18.2 Å². The molecule has 0 radical (unpaired) electrons. The molecule has 2 rings (SSSR count). The lowest BCUT2D eigenvalue weighted by molar-refractivity contribution is -0.0505.